The lowest BCUT2D eigenvalue weighted by Gasteiger charge is -2.35. The van der Waals surface area contributed by atoms with Gasteiger partial charge in [-0.05, 0) is 38.1 Å². The van der Waals surface area contributed by atoms with Crippen LogP contribution in [0.3, 0.4) is 0 Å². The quantitative estimate of drug-likeness (QED) is 0.707. The van der Waals surface area contributed by atoms with E-state index < -0.39 is 15.8 Å². The summed E-state index contributed by atoms with van der Waals surface area (Å²) in [6.45, 7) is 2.88. The number of amides is 1. The summed E-state index contributed by atoms with van der Waals surface area (Å²) in [6, 6.07) is 5.00. The van der Waals surface area contributed by atoms with Crippen molar-refractivity contribution >= 4 is 15.9 Å². The van der Waals surface area contributed by atoms with Crippen LogP contribution in [-0.2, 0) is 19.6 Å². The lowest BCUT2D eigenvalue weighted by atomic mass is 10.2. The number of rotatable bonds is 6. The maximum Gasteiger partial charge on any atom is 0.243 e. The fourth-order valence-electron chi connectivity index (χ4n) is 3.49. The minimum atomic E-state index is -3.74. The number of ether oxygens (including phenoxy) is 1. The summed E-state index contributed by atoms with van der Waals surface area (Å²) >= 11 is 0. The van der Waals surface area contributed by atoms with Crippen LogP contribution in [0.5, 0.6) is 0 Å². The Morgan fingerprint density at radius 3 is 2.67 bits per heavy atom. The van der Waals surface area contributed by atoms with Gasteiger partial charge in [0.2, 0.25) is 15.9 Å². The average Bonchev–Trinajstić information content (AvgIpc) is 3.14. The number of carbonyl (C=O) groups excluding carboxylic acids is 1. The molecule has 0 aromatic heterocycles. The van der Waals surface area contributed by atoms with Gasteiger partial charge in [0.25, 0.3) is 0 Å². The zero-order valence-electron chi connectivity index (χ0n) is 15.5. The highest BCUT2D eigenvalue weighted by atomic mass is 32.2. The van der Waals surface area contributed by atoms with Gasteiger partial charge < -0.3 is 9.64 Å². The number of likely N-dealkylation sites (N-methyl/N-ethyl adjacent to an activating group) is 1. The molecule has 9 heteroatoms. The van der Waals surface area contributed by atoms with Crippen LogP contribution in [-0.4, -0.2) is 87.5 Å². The van der Waals surface area contributed by atoms with Crippen LogP contribution in [0.25, 0.3) is 0 Å². The molecule has 2 heterocycles. The van der Waals surface area contributed by atoms with Gasteiger partial charge in [0.1, 0.15) is 5.82 Å². The molecule has 0 aliphatic carbocycles. The molecule has 27 heavy (non-hydrogen) atoms. The molecule has 0 radical (unpaired) electrons. The highest BCUT2D eigenvalue weighted by Crippen LogP contribution is 2.19. The minimum Gasteiger partial charge on any atom is -0.377 e. The molecule has 2 fully saturated rings. The summed E-state index contributed by atoms with van der Waals surface area (Å²) in [4.78, 5) is 16.1. The van der Waals surface area contributed by atoms with Crippen LogP contribution in [0, 0.1) is 5.82 Å². The molecule has 2 aliphatic rings. The third-order valence-corrected chi connectivity index (χ3v) is 6.86. The molecule has 1 aromatic carbocycles. The van der Waals surface area contributed by atoms with E-state index in [-0.39, 0.29) is 36.5 Å². The Balaban J connectivity index is 1.51. The smallest absolute Gasteiger partial charge is 0.243 e. The number of sulfonamides is 1. The molecule has 7 nitrogen and oxygen atoms in total. The molecule has 1 aromatic rings. The number of nitrogens with zero attached hydrogens (tertiary/aromatic N) is 3. The predicted octanol–water partition coefficient (Wildman–Crippen LogP) is 0.769. The molecule has 2 aliphatic heterocycles. The Bertz CT molecular complexity index is 760. The summed E-state index contributed by atoms with van der Waals surface area (Å²) in [7, 11) is -1.85. The Morgan fingerprint density at radius 2 is 2.04 bits per heavy atom. The van der Waals surface area contributed by atoms with Crippen molar-refractivity contribution in [3.05, 3.63) is 30.1 Å². The molecule has 1 amide bonds. The van der Waals surface area contributed by atoms with E-state index in [0.29, 0.717) is 13.1 Å². The van der Waals surface area contributed by atoms with E-state index in [4.69, 9.17) is 4.74 Å². The number of halogens is 1. The van der Waals surface area contributed by atoms with Crippen molar-refractivity contribution in [3.8, 4) is 0 Å². The van der Waals surface area contributed by atoms with Gasteiger partial charge in [0.05, 0.1) is 17.5 Å². The van der Waals surface area contributed by atoms with Gasteiger partial charge in [0, 0.05) is 39.3 Å². The van der Waals surface area contributed by atoms with Crippen molar-refractivity contribution in [1.29, 1.82) is 0 Å². The van der Waals surface area contributed by atoms with Gasteiger partial charge in [0.15, 0.2) is 0 Å². The van der Waals surface area contributed by atoms with Gasteiger partial charge in [-0.15, -0.1) is 0 Å². The Labute approximate surface area is 159 Å². The third kappa shape index (κ3) is 5.04. The van der Waals surface area contributed by atoms with Crippen molar-refractivity contribution in [3.63, 3.8) is 0 Å². The molecule has 1 atom stereocenters. The van der Waals surface area contributed by atoms with E-state index in [2.05, 4.69) is 0 Å². The highest BCUT2D eigenvalue weighted by molar-refractivity contribution is 7.89. The van der Waals surface area contributed by atoms with E-state index in [1.54, 1.807) is 4.90 Å². The molecule has 1 unspecified atom stereocenters. The number of hydrogen-bond acceptors (Lipinski definition) is 5. The summed E-state index contributed by atoms with van der Waals surface area (Å²) in [5, 5.41) is 0. The predicted molar refractivity (Wildman–Crippen MR) is 98.2 cm³/mol. The van der Waals surface area contributed by atoms with Crippen molar-refractivity contribution in [1.82, 2.24) is 14.1 Å². The number of benzene rings is 1. The van der Waals surface area contributed by atoms with E-state index in [9.17, 15) is 17.6 Å². The van der Waals surface area contributed by atoms with Crippen LogP contribution in [0.2, 0.25) is 0 Å². The Morgan fingerprint density at radius 1 is 1.30 bits per heavy atom. The molecule has 0 spiro atoms. The van der Waals surface area contributed by atoms with Gasteiger partial charge in [-0.1, -0.05) is 6.07 Å². The van der Waals surface area contributed by atoms with Crippen molar-refractivity contribution in [2.75, 3.05) is 52.9 Å². The van der Waals surface area contributed by atoms with E-state index in [1.165, 1.54) is 22.5 Å². The second-order valence-corrected chi connectivity index (χ2v) is 9.01. The Hall–Kier alpha value is -1.55. The second kappa shape index (κ2) is 8.64. The normalized spacial score (nSPS) is 21.7. The Kier molecular flexibility index (Phi) is 6.46. The van der Waals surface area contributed by atoms with Crippen molar-refractivity contribution < 1.29 is 22.3 Å². The first-order valence-electron chi connectivity index (χ1n) is 9.20. The van der Waals surface area contributed by atoms with Crippen LogP contribution < -0.4 is 0 Å². The third-order valence-electron chi connectivity index (χ3n) is 4.97. The fraction of sp³-hybridized carbons (Fsp3) is 0.611. The first-order chi connectivity index (χ1) is 12.9. The summed E-state index contributed by atoms with van der Waals surface area (Å²) in [5.41, 5.74) is 0. The van der Waals surface area contributed by atoms with Crippen LogP contribution in [0.15, 0.2) is 29.2 Å². The standard InChI is InChI=1S/C18H26FN3O4S/c1-20(13-16-5-3-11-26-16)14-18(23)21-7-9-22(10-8-21)27(24,25)17-6-2-4-15(19)12-17/h2,4,6,12,16H,3,5,7-11,13-14H2,1H3. The van der Waals surface area contributed by atoms with E-state index in [0.717, 1.165) is 32.1 Å². The fourth-order valence-corrected chi connectivity index (χ4v) is 4.94. The molecule has 0 saturated carbocycles. The molecule has 150 valence electrons. The molecular weight excluding hydrogens is 373 g/mol. The number of piperazine rings is 1. The first-order valence-corrected chi connectivity index (χ1v) is 10.6. The summed E-state index contributed by atoms with van der Waals surface area (Å²) < 4.78 is 45.5. The molecule has 3 rings (SSSR count). The molecular formula is C18H26FN3O4S. The monoisotopic (exact) mass is 399 g/mol. The van der Waals surface area contributed by atoms with Gasteiger partial charge in [-0.25, -0.2) is 12.8 Å². The second-order valence-electron chi connectivity index (χ2n) is 7.07. The zero-order chi connectivity index (χ0) is 19.4. The number of carbonyl (C=O) groups is 1. The maximum atomic E-state index is 13.4. The molecule has 0 N–H and O–H groups in total. The van der Waals surface area contributed by atoms with Crippen molar-refractivity contribution in [2.45, 2.75) is 23.8 Å². The lowest BCUT2D eigenvalue weighted by molar-refractivity contribution is -0.133. The van der Waals surface area contributed by atoms with Crippen molar-refractivity contribution in [2.24, 2.45) is 0 Å². The summed E-state index contributed by atoms with van der Waals surface area (Å²) in [6.07, 6.45) is 2.28. The highest BCUT2D eigenvalue weighted by Gasteiger charge is 2.30. The van der Waals surface area contributed by atoms with Gasteiger partial charge >= 0.3 is 0 Å². The van der Waals surface area contributed by atoms with E-state index >= 15 is 0 Å². The number of hydrogen-bond donors (Lipinski definition) is 0. The maximum absolute atomic E-state index is 13.4. The summed E-state index contributed by atoms with van der Waals surface area (Å²) in [5.74, 6) is -0.600. The minimum absolute atomic E-state index is 0.0155. The van der Waals surface area contributed by atoms with Gasteiger partial charge in [-0.2, -0.15) is 4.31 Å². The first kappa shape index (κ1) is 20.2. The zero-order valence-corrected chi connectivity index (χ0v) is 16.3. The SMILES string of the molecule is CN(CC(=O)N1CCN(S(=O)(=O)c2cccc(F)c2)CC1)CC1CCCO1. The van der Waals surface area contributed by atoms with Crippen LogP contribution >= 0.6 is 0 Å². The van der Waals surface area contributed by atoms with Crippen LogP contribution in [0.4, 0.5) is 4.39 Å². The molecule has 2 saturated heterocycles. The molecule has 0 bridgehead atoms. The van der Waals surface area contributed by atoms with Crippen LogP contribution in [0.1, 0.15) is 12.8 Å². The lowest BCUT2D eigenvalue weighted by Crippen LogP contribution is -2.52. The van der Waals surface area contributed by atoms with Gasteiger partial charge in [-0.3, -0.25) is 9.69 Å². The largest absolute Gasteiger partial charge is 0.377 e. The topological polar surface area (TPSA) is 70.2 Å². The van der Waals surface area contributed by atoms with E-state index in [1.807, 2.05) is 11.9 Å². The average molecular weight is 399 g/mol.